The minimum Gasteiger partial charge on any atom is -0.465 e. The number of halogens is 2. The number of carbonyl (C=O) groups is 2. The number of aromatic nitrogens is 2. The number of hydrogen-bond acceptors (Lipinski definition) is 9. The Hall–Kier alpha value is -3.75. The van der Waals surface area contributed by atoms with Crippen LogP contribution in [0.25, 0.3) is 32.1 Å². The maximum Gasteiger partial charge on any atom is 0.412 e. The van der Waals surface area contributed by atoms with E-state index in [0.717, 1.165) is 0 Å². The highest BCUT2D eigenvalue weighted by atomic mass is 32.2. The molecule has 0 radical (unpaired) electrons. The maximum atomic E-state index is 17.1. The molecule has 0 spiro atoms. The summed E-state index contributed by atoms with van der Waals surface area (Å²) in [6.07, 6.45) is -0.927. The lowest BCUT2D eigenvalue weighted by atomic mass is 9.91. The van der Waals surface area contributed by atoms with E-state index in [1.54, 1.807) is 32.9 Å². The van der Waals surface area contributed by atoms with Crippen LogP contribution in [-0.2, 0) is 22.7 Å². The first-order valence-electron chi connectivity index (χ1n) is 14.7. The predicted molar refractivity (Wildman–Crippen MR) is 169 cm³/mol. The second-order valence-corrected chi connectivity index (χ2v) is 14.6. The number of carboxylic acid groups (broad SMARTS) is 1. The SMILES string of the molecule is CCSc1nc(N2C[C@H]3C[C@@H]2CN3C(=O)O)c2c3c(c(-c4c(F)ccc5sc(NC(=O)OC(C)(C)C)cc45)c(F)c2n1)COC3. The second-order valence-electron chi connectivity index (χ2n) is 12.3. The number of thioether (sulfide) groups is 1. The summed E-state index contributed by atoms with van der Waals surface area (Å²) >= 11 is 2.61. The van der Waals surface area contributed by atoms with Gasteiger partial charge in [0.1, 0.15) is 22.8 Å². The molecular formula is C31H31F2N5O5S2. The number of anilines is 2. The van der Waals surface area contributed by atoms with Crippen molar-refractivity contribution < 1.29 is 33.0 Å². The number of ether oxygens (including phenoxy) is 2. The molecule has 7 rings (SSSR count). The maximum absolute atomic E-state index is 17.1. The van der Waals surface area contributed by atoms with Gasteiger partial charge in [0.15, 0.2) is 11.0 Å². The van der Waals surface area contributed by atoms with Crippen LogP contribution in [0.3, 0.4) is 0 Å². The monoisotopic (exact) mass is 655 g/mol. The standard InChI is InChI=1S/C31H31F2N5O5S2/c1-5-44-28-35-26-24(27(36-28)37-10-15-8-14(37)11-38(15)30(40)41)18-13-42-12-17(18)23(25(26)33)22-16-9-21(34-29(39)43-31(2,3)4)45-20(16)7-6-19(22)32/h6-7,9,14-15H,5,8,10-13H2,1-4H3,(H,34,39)(H,40,41)/t14-,15-/m1/s1. The molecule has 3 aliphatic heterocycles. The van der Waals surface area contributed by atoms with Crippen LogP contribution in [0.5, 0.6) is 0 Å². The van der Waals surface area contributed by atoms with E-state index in [-0.39, 0.29) is 41.9 Å². The number of amides is 2. The molecule has 2 aromatic heterocycles. The van der Waals surface area contributed by atoms with E-state index < -0.39 is 29.4 Å². The topological polar surface area (TPSA) is 117 Å². The first-order valence-corrected chi connectivity index (χ1v) is 16.5. The Balaban J connectivity index is 1.40. The third-order valence-electron chi connectivity index (χ3n) is 8.31. The smallest absolute Gasteiger partial charge is 0.412 e. The molecular weight excluding hydrogens is 625 g/mol. The van der Waals surface area contributed by atoms with E-state index in [4.69, 9.17) is 14.5 Å². The highest BCUT2D eigenvalue weighted by Crippen LogP contribution is 2.48. The van der Waals surface area contributed by atoms with Gasteiger partial charge in [-0.05, 0) is 62.3 Å². The lowest BCUT2D eigenvalue weighted by molar-refractivity contribution is 0.0636. The van der Waals surface area contributed by atoms with Gasteiger partial charge in [0.2, 0.25) is 0 Å². The van der Waals surface area contributed by atoms with Gasteiger partial charge >= 0.3 is 12.2 Å². The van der Waals surface area contributed by atoms with Gasteiger partial charge in [0, 0.05) is 34.3 Å². The van der Waals surface area contributed by atoms with Gasteiger partial charge < -0.3 is 24.4 Å². The first-order chi connectivity index (χ1) is 21.4. The van der Waals surface area contributed by atoms with E-state index >= 15 is 8.78 Å². The van der Waals surface area contributed by atoms with Crippen molar-refractivity contribution in [2.24, 2.45) is 0 Å². The molecule has 2 saturated heterocycles. The molecule has 5 heterocycles. The quantitative estimate of drug-likeness (QED) is 0.170. The molecule has 2 fully saturated rings. The minimum atomic E-state index is -0.948. The molecule has 0 unspecified atom stereocenters. The van der Waals surface area contributed by atoms with Crippen molar-refractivity contribution in [3.8, 4) is 11.1 Å². The number of rotatable bonds is 5. The summed E-state index contributed by atoms with van der Waals surface area (Å²) in [4.78, 5) is 37.3. The van der Waals surface area contributed by atoms with E-state index in [1.165, 1.54) is 34.1 Å². The van der Waals surface area contributed by atoms with Crippen LogP contribution < -0.4 is 10.2 Å². The molecule has 10 nitrogen and oxygen atoms in total. The Kier molecular flexibility index (Phi) is 7.28. The highest BCUT2D eigenvalue weighted by Gasteiger charge is 2.47. The Morgan fingerprint density at radius 1 is 1.16 bits per heavy atom. The van der Waals surface area contributed by atoms with E-state index in [1.807, 2.05) is 6.92 Å². The van der Waals surface area contributed by atoms with Gasteiger partial charge in [0.05, 0.1) is 35.7 Å². The number of benzene rings is 2. The summed E-state index contributed by atoms with van der Waals surface area (Å²) in [5.74, 6) is -0.0762. The number of thiophene rings is 1. The van der Waals surface area contributed by atoms with E-state index in [9.17, 15) is 14.7 Å². The fraction of sp³-hybridized carbons (Fsp3) is 0.419. The molecule has 2 bridgehead atoms. The summed E-state index contributed by atoms with van der Waals surface area (Å²) in [5.41, 5.74) is 0.748. The van der Waals surface area contributed by atoms with Gasteiger partial charge in [-0.1, -0.05) is 18.7 Å². The van der Waals surface area contributed by atoms with Gasteiger partial charge in [-0.25, -0.2) is 28.3 Å². The molecule has 2 atom stereocenters. The van der Waals surface area contributed by atoms with Crippen LogP contribution >= 0.6 is 23.1 Å². The largest absolute Gasteiger partial charge is 0.465 e. The molecule has 2 amide bonds. The molecule has 2 N–H and O–H groups in total. The zero-order valence-corrected chi connectivity index (χ0v) is 26.7. The zero-order chi connectivity index (χ0) is 31.8. The Morgan fingerprint density at radius 2 is 1.93 bits per heavy atom. The van der Waals surface area contributed by atoms with Crippen LogP contribution in [0.1, 0.15) is 45.2 Å². The fourth-order valence-electron chi connectivity index (χ4n) is 6.62. The summed E-state index contributed by atoms with van der Waals surface area (Å²) < 4.78 is 44.8. The number of piperazine rings is 1. The van der Waals surface area contributed by atoms with Crippen molar-refractivity contribution in [1.82, 2.24) is 14.9 Å². The lowest BCUT2D eigenvalue weighted by Gasteiger charge is -2.34. The van der Waals surface area contributed by atoms with Gasteiger partial charge in [0.25, 0.3) is 0 Å². The molecule has 45 heavy (non-hydrogen) atoms. The summed E-state index contributed by atoms with van der Waals surface area (Å²) in [5, 5.41) is 14.1. The van der Waals surface area contributed by atoms with Crippen LogP contribution in [0, 0.1) is 11.6 Å². The Labute approximate surface area is 265 Å². The minimum absolute atomic E-state index is 0.0734. The number of carbonyl (C=O) groups excluding carboxylic acids is 1. The highest BCUT2D eigenvalue weighted by molar-refractivity contribution is 7.99. The normalized spacial score (nSPS) is 19.2. The van der Waals surface area contributed by atoms with Crippen molar-refractivity contribution in [1.29, 1.82) is 0 Å². The van der Waals surface area contributed by atoms with Crippen molar-refractivity contribution in [3.63, 3.8) is 0 Å². The summed E-state index contributed by atoms with van der Waals surface area (Å²) in [6, 6.07) is 4.26. The van der Waals surface area contributed by atoms with Crippen molar-refractivity contribution >= 4 is 67.1 Å². The number of likely N-dealkylation sites (tertiary alicyclic amines) is 1. The van der Waals surface area contributed by atoms with Crippen LogP contribution in [0.4, 0.5) is 29.2 Å². The van der Waals surface area contributed by atoms with E-state index in [0.29, 0.717) is 67.8 Å². The van der Waals surface area contributed by atoms with Gasteiger partial charge in [-0.3, -0.25) is 5.32 Å². The van der Waals surface area contributed by atoms with Crippen LogP contribution in [0.2, 0.25) is 0 Å². The molecule has 0 aliphatic carbocycles. The lowest BCUT2D eigenvalue weighted by Crippen LogP contribution is -2.48. The average molecular weight is 656 g/mol. The number of fused-ring (bicyclic) bond motifs is 6. The predicted octanol–water partition coefficient (Wildman–Crippen LogP) is 7.22. The summed E-state index contributed by atoms with van der Waals surface area (Å²) in [7, 11) is 0. The van der Waals surface area contributed by atoms with Crippen molar-refractivity contribution in [2.45, 2.75) is 70.2 Å². The molecule has 14 heteroatoms. The summed E-state index contributed by atoms with van der Waals surface area (Å²) in [6.45, 7) is 8.25. The average Bonchev–Trinajstić information content (AvgIpc) is 3.76. The van der Waals surface area contributed by atoms with Crippen molar-refractivity contribution in [3.05, 3.63) is 41.0 Å². The first kappa shape index (κ1) is 29.9. The molecule has 0 saturated carbocycles. The molecule has 236 valence electrons. The molecule has 4 aromatic rings. The third-order valence-corrected chi connectivity index (χ3v) is 10.1. The molecule has 2 aromatic carbocycles. The zero-order valence-electron chi connectivity index (χ0n) is 25.1. The fourth-order valence-corrected chi connectivity index (χ4v) is 8.14. The van der Waals surface area contributed by atoms with Crippen molar-refractivity contribution in [2.75, 3.05) is 29.1 Å². The van der Waals surface area contributed by atoms with E-state index in [2.05, 4.69) is 15.2 Å². The second kappa shape index (κ2) is 11.0. The molecule has 3 aliphatic rings. The number of hydrogen-bond donors (Lipinski definition) is 2. The Bertz CT molecular complexity index is 1890. The van der Waals surface area contributed by atoms with Crippen LogP contribution in [0.15, 0.2) is 23.4 Å². The Morgan fingerprint density at radius 3 is 2.62 bits per heavy atom. The van der Waals surface area contributed by atoms with Gasteiger partial charge in [-0.2, -0.15) is 0 Å². The van der Waals surface area contributed by atoms with Gasteiger partial charge in [-0.15, -0.1) is 11.3 Å². The van der Waals surface area contributed by atoms with Crippen LogP contribution in [-0.4, -0.2) is 68.7 Å². The third kappa shape index (κ3) is 5.12. The number of nitrogens with one attached hydrogen (secondary N) is 1. The number of nitrogens with zero attached hydrogens (tertiary/aromatic N) is 4.